The van der Waals surface area contributed by atoms with Crippen molar-refractivity contribution in [1.29, 1.82) is 0 Å². The molecular weight excluding hydrogens is 370 g/mol. The summed E-state index contributed by atoms with van der Waals surface area (Å²) in [5, 5.41) is 3.27. The van der Waals surface area contributed by atoms with Crippen molar-refractivity contribution in [3.63, 3.8) is 0 Å². The van der Waals surface area contributed by atoms with Crippen LogP contribution in [-0.2, 0) is 34.3 Å². The third-order valence-electron chi connectivity index (χ3n) is 4.62. The first-order chi connectivity index (χ1) is 14.0. The minimum atomic E-state index is -0.903. The molecule has 150 valence electrons. The molecule has 3 aromatic rings. The molecule has 0 spiro atoms. The largest absolute Gasteiger partial charge is 0.453 e. The molecule has 0 aliphatic carbocycles. The minimum Gasteiger partial charge on any atom is -0.453 e. The van der Waals surface area contributed by atoms with E-state index in [-0.39, 0.29) is 24.3 Å². The molecule has 0 bridgehead atoms. The van der Waals surface area contributed by atoms with Gasteiger partial charge in [0.15, 0.2) is 6.10 Å². The molecule has 1 heterocycles. The molecule has 3 rings (SSSR count). The number of hydrogen-bond donors (Lipinski definition) is 1. The Labute approximate surface area is 168 Å². The molecule has 0 unspecified atom stereocenters. The van der Waals surface area contributed by atoms with Gasteiger partial charge < -0.3 is 10.1 Å². The van der Waals surface area contributed by atoms with E-state index < -0.39 is 12.1 Å². The molecular formula is C22H23N3O4. The molecule has 1 amide bonds. The van der Waals surface area contributed by atoms with Crippen LogP contribution >= 0.6 is 0 Å². The van der Waals surface area contributed by atoms with Gasteiger partial charge in [-0.2, -0.15) is 0 Å². The Balaban J connectivity index is 1.54. The number of nitrogens with one attached hydrogen (secondary N) is 1. The first-order valence-electron chi connectivity index (χ1n) is 9.41. The third-order valence-corrected chi connectivity index (χ3v) is 4.62. The Bertz CT molecular complexity index is 1080. The van der Waals surface area contributed by atoms with E-state index in [0.717, 1.165) is 5.56 Å². The van der Waals surface area contributed by atoms with Crippen LogP contribution in [0.5, 0.6) is 0 Å². The molecule has 7 heteroatoms. The quantitative estimate of drug-likeness (QED) is 0.621. The van der Waals surface area contributed by atoms with E-state index in [1.165, 1.54) is 11.5 Å². The highest BCUT2D eigenvalue weighted by Gasteiger charge is 2.18. The van der Waals surface area contributed by atoms with Crippen LogP contribution in [0, 0.1) is 0 Å². The molecule has 2 aromatic carbocycles. The molecule has 1 aromatic heterocycles. The summed E-state index contributed by atoms with van der Waals surface area (Å²) in [7, 11) is 1.63. The molecule has 0 saturated heterocycles. The van der Waals surface area contributed by atoms with Crippen LogP contribution in [0.25, 0.3) is 10.9 Å². The maximum absolute atomic E-state index is 12.4. The zero-order chi connectivity index (χ0) is 20.8. The van der Waals surface area contributed by atoms with Crippen molar-refractivity contribution in [3.05, 3.63) is 76.3 Å². The lowest BCUT2D eigenvalue weighted by Crippen LogP contribution is -2.35. The van der Waals surface area contributed by atoms with E-state index in [1.54, 1.807) is 25.2 Å². The van der Waals surface area contributed by atoms with Crippen molar-refractivity contribution in [2.24, 2.45) is 7.05 Å². The number of para-hydroxylation sites is 1. The van der Waals surface area contributed by atoms with Crippen LogP contribution in [0.15, 0.2) is 59.4 Å². The second-order valence-electron chi connectivity index (χ2n) is 6.74. The second-order valence-corrected chi connectivity index (χ2v) is 6.74. The molecule has 0 fully saturated rings. The van der Waals surface area contributed by atoms with Gasteiger partial charge in [0.05, 0.1) is 17.3 Å². The van der Waals surface area contributed by atoms with Crippen LogP contribution in [0.3, 0.4) is 0 Å². The average molecular weight is 393 g/mol. The van der Waals surface area contributed by atoms with Crippen LogP contribution in [0.2, 0.25) is 0 Å². The van der Waals surface area contributed by atoms with Crippen LogP contribution in [0.4, 0.5) is 0 Å². The van der Waals surface area contributed by atoms with Gasteiger partial charge in [0, 0.05) is 20.0 Å². The standard InChI is InChI=1S/C22H23N3O4/c1-15(21(27)23-14-16-8-4-3-5-9-16)29-20(26)13-12-19-24-18-11-7-6-10-17(18)22(28)25(19)2/h3-11,15H,12-14H2,1-2H3,(H,23,27)/t15-/m1/s1. The molecule has 0 aliphatic heterocycles. The van der Waals surface area contributed by atoms with E-state index in [4.69, 9.17) is 4.74 Å². The highest BCUT2D eigenvalue weighted by molar-refractivity contribution is 5.83. The van der Waals surface area contributed by atoms with E-state index in [2.05, 4.69) is 10.3 Å². The van der Waals surface area contributed by atoms with Crippen LogP contribution in [-0.4, -0.2) is 27.5 Å². The highest BCUT2D eigenvalue weighted by atomic mass is 16.5. The second kappa shape index (κ2) is 9.14. The number of fused-ring (bicyclic) bond motifs is 1. The zero-order valence-electron chi connectivity index (χ0n) is 16.4. The lowest BCUT2D eigenvalue weighted by molar-refractivity contribution is -0.154. The smallest absolute Gasteiger partial charge is 0.307 e. The number of carbonyl (C=O) groups is 2. The molecule has 29 heavy (non-hydrogen) atoms. The Morgan fingerprint density at radius 3 is 2.55 bits per heavy atom. The van der Waals surface area contributed by atoms with E-state index >= 15 is 0 Å². The fourth-order valence-corrected chi connectivity index (χ4v) is 2.94. The summed E-state index contributed by atoms with van der Waals surface area (Å²) in [4.78, 5) is 41.1. The molecule has 0 aliphatic rings. The predicted molar refractivity (Wildman–Crippen MR) is 109 cm³/mol. The molecule has 1 N–H and O–H groups in total. The van der Waals surface area contributed by atoms with E-state index in [0.29, 0.717) is 23.3 Å². The van der Waals surface area contributed by atoms with Gasteiger partial charge in [-0.1, -0.05) is 42.5 Å². The Morgan fingerprint density at radius 2 is 1.79 bits per heavy atom. The minimum absolute atomic E-state index is 0.0227. The van der Waals surface area contributed by atoms with Gasteiger partial charge in [0.2, 0.25) is 0 Å². The van der Waals surface area contributed by atoms with E-state index in [1.807, 2.05) is 36.4 Å². The summed E-state index contributed by atoms with van der Waals surface area (Å²) >= 11 is 0. The van der Waals surface area contributed by atoms with Gasteiger partial charge >= 0.3 is 5.97 Å². The van der Waals surface area contributed by atoms with Gasteiger partial charge in [-0.05, 0) is 24.6 Å². The van der Waals surface area contributed by atoms with Gasteiger partial charge in [-0.3, -0.25) is 19.0 Å². The first kappa shape index (κ1) is 20.3. The number of nitrogens with zero attached hydrogens (tertiary/aromatic N) is 2. The van der Waals surface area contributed by atoms with E-state index in [9.17, 15) is 14.4 Å². The highest BCUT2D eigenvalue weighted by Crippen LogP contribution is 2.09. The maximum Gasteiger partial charge on any atom is 0.307 e. The fourth-order valence-electron chi connectivity index (χ4n) is 2.94. The Kier molecular flexibility index (Phi) is 6.39. The third kappa shape index (κ3) is 5.07. The van der Waals surface area contributed by atoms with Crippen molar-refractivity contribution in [2.45, 2.75) is 32.4 Å². The van der Waals surface area contributed by atoms with Crippen molar-refractivity contribution in [1.82, 2.24) is 14.9 Å². The lowest BCUT2D eigenvalue weighted by atomic mass is 10.2. The summed E-state index contributed by atoms with van der Waals surface area (Å²) in [6, 6.07) is 16.6. The molecule has 0 radical (unpaired) electrons. The summed E-state index contributed by atoms with van der Waals surface area (Å²) in [6.07, 6.45) is -0.637. The topological polar surface area (TPSA) is 90.3 Å². The summed E-state index contributed by atoms with van der Waals surface area (Å²) in [5.41, 5.74) is 1.39. The maximum atomic E-state index is 12.4. The monoisotopic (exact) mass is 393 g/mol. The predicted octanol–water partition coefficient (Wildman–Crippen LogP) is 2.11. The molecule has 7 nitrogen and oxygen atoms in total. The number of aryl methyl sites for hydroxylation is 1. The van der Waals surface area contributed by atoms with Gasteiger partial charge in [0.1, 0.15) is 5.82 Å². The summed E-state index contributed by atoms with van der Waals surface area (Å²) < 4.78 is 6.65. The first-order valence-corrected chi connectivity index (χ1v) is 9.41. The Morgan fingerprint density at radius 1 is 1.10 bits per heavy atom. The summed E-state index contributed by atoms with van der Waals surface area (Å²) in [6.45, 7) is 1.90. The van der Waals surface area contributed by atoms with Crippen LogP contribution in [0.1, 0.15) is 24.7 Å². The van der Waals surface area contributed by atoms with Crippen molar-refractivity contribution in [2.75, 3.05) is 0 Å². The van der Waals surface area contributed by atoms with Gasteiger partial charge in [-0.15, -0.1) is 0 Å². The molecule has 0 saturated carbocycles. The number of aromatic nitrogens is 2. The number of hydrogen-bond acceptors (Lipinski definition) is 5. The summed E-state index contributed by atoms with van der Waals surface area (Å²) in [5.74, 6) is -0.389. The lowest BCUT2D eigenvalue weighted by Gasteiger charge is -2.14. The number of ether oxygens (including phenoxy) is 1. The number of carbonyl (C=O) groups excluding carboxylic acids is 2. The SMILES string of the molecule is C[C@@H](OC(=O)CCc1nc2ccccc2c(=O)n1C)C(=O)NCc1ccccc1. The van der Waals surface area contributed by atoms with Crippen molar-refractivity contribution >= 4 is 22.8 Å². The number of rotatable bonds is 7. The number of benzene rings is 2. The van der Waals surface area contributed by atoms with Crippen LogP contribution < -0.4 is 10.9 Å². The number of esters is 1. The molecule has 1 atom stereocenters. The zero-order valence-corrected chi connectivity index (χ0v) is 16.4. The Hall–Kier alpha value is -3.48. The van der Waals surface area contributed by atoms with Crippen molar-refractivity contribution in [3.8, 4) is 0 Å². The van der Waals surface area contributed by atoms with Gasteiger partial charge in [-0.25, -0.2) is 4.98 Å². The number of amides is 1. The fraction of sp³-hybridized carbons (Fsp3) is 0.273. The van der Waals surface area contributed by atoms with Crippen molar-refractivity contribution < 1.29 is 14.3 Å². The van der Waals surface area contributed by atoms with Gasteiger partial charge in [0.25, 0.3) is 11.5 Å². The normalized spacial score (nSPS) is 11.8. The average Bonchev–Trinajstić information content (AvgIpc) is 2.74.